The molecule has 1 N–H and O–H groups in total. The summed E-state index contributed by atoms with van der Waals surface area (Å²) in [6.07, 6.45) is 4.88. The number of rotatable bonds is 6. The van der Waals surface area contributed by atoms with Crippen molar-refractivity contribution >= 4 is 5.91 Å². The molecule has 1 fully saturated rings. The highest BCUT2D eigenvalue weighted by Crippen LogP contribution is 2.27. The van der Waals surface area contributed by atoms with Gasteiger partial charge in [0.25, 0.3) is 0 Å². The number of amides is 1. The number of hydrogen-bond donors (Lipinski definition) is 1. The molecule has 110 valence electrons. The summed E-state index contributed by atoms with van der Waals surface area (Å²) in [5, 5.41) is 6.84. The van der Waals surface area contributed by atoms with Crippen LogP contribution in [0.5, 0.6) is 0 Å². The van der Waals surface area contributed by atoms with Crippen LogP contribution in [0.15, 0.2) is 35.1 Å². The van der Waals surface area contributed by atoms with Gasteiger partial charge in [-0.2, -0.15) is 0 Å². The predicted octanol–water partition coefficient (Wildman–Crippen LogP) is 2.94. The zero-order chi connectivity index (χ0) is 14.7. The SMILES string of the molecule is O=C(CCc1conc1-c1cccc(F)c1)NCC1CC1. The summed E-state index contributed by atoms with van der Waals surface area (Å²) in [6, 6.07) is 6.20. The van der Waals surface area contributed by atoms with E-state index in [4.69, 9.17) is 4.52 Å². The Balaban J connectivity index is 1.61. The lowest BCUT2D eigenvalue weighted by molar-refractivity contribution is -0.121. The fourth-order valence-corrected chi connectivity index (χ4v) is 2.23. The highest BCUT2D eigenvalue weighted by atomic mass is 19.1. The average molecular weight is 288 g/mol. The van der Waals surface area contributed by atoms with Crippen molar-refractivity contribution in [2.75, 3.05) is 6.54 Å². The zero-order valence-corrected chi connectivity index (χ0v) is 11.6. The molecule has 1 amide bonds. The Kier molecular flexibility index (Phi) is 3.99. The molecule has 0 saturated heterocycles. The van der Waals surface area contributed by atoms with Gasteiger partial charge >= 0.3 is 0 Å². The van der Waals surface area contributed by atoms with Gasteiger partial charge in [-0.25, -0.2) is 4.39 Å². The zero-order valence-electron chi connectivity index (χ0n) is 11.6. The van der Waals surface area contributed by atoms with E-state index >= 15 is 0 Å². The van der Waals surface area contributed by atoms with Crippen molar-refractivity contribution in [3.05, 3.63) is 41.9 Å². The number of carbonyl (C=O) groups is 1. The molecule has 0 aliphatic heterocycles. The number of nitrogens with zero attached hydrogens (tertiary/aromatic N) is 1. The molecule has 1 aromatic carbocycles. The van der Waals surface area contributed by atoms with Crippen LogP contribution in [0, 0.1) is 11.7 Å². The van der Waals surface area contributed by atoms with Crippen LogP contribution in [0.1, 0.15) is 24.8 Å². The van der Waals surface area contributed by atoms with Crippen molar-refractivity contribution in [2.24, 2.45) is 5.92 Å². The maximum absolute atomic E-state index is 13.3. The molecule has 21 heavy (non-hydrogen) atoms. The van der Waals surface area contributed by atoms with Crippen LogP contribution in [-0.2, 0) is 11.2 Å². The first-order valence-electron chi connectivity index (χ1n) is 7.18. The van der Waals surface area contributed by atoms with E-state index in [9.17, 15) is 9.18 Å². The Labute approximate surface area is 122 Å². The van der Waals surface area contributed by atoms with Crippen molar-refractivity contribution in [1.29, 1.82) is 0 Å². The van der Waals surface area contributed by atoms with E-state index in [1.54, 1.807) is 12.1 Å². The number of carbonyl (C=O) groups excluding carboxylic acids is 1. The number of hydrogen-bond acceptors (Lipinski definition) is 3. The molecule has 2 aromatic rings. The van der Waals surface area contributed by atoms with Gasteiger partial charge in [0.05, 0.1) is 0 Å². The maximum Gasteiger partial charge on any atom is 0.220 e. The van der Waals surface area contributed by atoms with Crippen LogP contribution >= 0.6 is 0 Å². The number of benzene rings is 1. The largest absolute Gasteiger partial charge is 0.364 e. The maximum atomic E-state index is 13.3. The molecular weight excluding hydrogens is 271 g/mol. The molecule has 0 unspecified atom stereocenters. The summed E-state index contributed by atoms with van der Waals surface area (Å²) >= 11 is 0. The molecule has 1 aromatic heterocycles. The minimum Gasteiger partial charge on any atom is -0.364 e. The highest BCUT2D eigenvalue weighted by Gasteiger charge is 2.21. The molecule has 1 aliphatic carbocycles. The van der Waals surface area contributed by atoms with Gasteiger partial charge in [0.1, 0.15) is 17.8 Å². The predicted molar refractivity (Wildman–Crippen MR) is 76.0 cm³/mol. The number of aromatic nitrogens is 1. The number of nitrogens with one attached hydrogen (secondary N) is 1. The molecule has 3 rings (SSSR count). The summed E-state index contributed by atoms with van der Waals surface area (Å²) in [4.78, 5) is 11.8. The van der Waals surface area contributed by atoms with Crippen molar-refractivity contribution in [2.45, 2.75) is 25.7 Å². The third kappa shape index (κ3) is 3.68. The first kappa shape index (κ1) is 13.8. The van der Waals surface area contributed by atoms with E-state index in [0.717, 1.165) is 12.1 Å². The quantitative estimate of drug-likeness (QED) is 0.889. The van der Waals surface area contributed by atoms with Crippen LogP contribution in [0.25, 0.3) is 11.3 Å². The van der Waals surface area contributed by atoms with Gasteiger partial charge < -0.3 is 9.84 Å². The Morgan fingerprint density at radius 3 is 3.05 bits per heavy atom. The van der Waals surface area contributed by atoms with Crippen LogP contribution < -0.4 is 5.32 Å². The van der Waals surface area contributed by atoms with Crippen LogP contribution in [0.4, 0.5) is 4.39 Å². The average Bonchev–Trinajstić information content (AvgIpc) is 3.19. The molecular formula is C16H17FN2O2. The fourth-order valence-electron chi connectivity index (χ4n) is 2.23. The molecule has 0 spiro atoms. The molecule has 1 saturated carbocycles. The Bertz CT molecular complexity index is 635. The molecule has 5 heteroatoms. The second kappa shape index (κ2) is 6.08. The second-order valence-corrected chi connectivity index (χ2v) is 5.45. The van der Waals surface area contributed by atoms with Gasteiger partial charge in [0, 0.05) is 24.1 Å². The van der Waals surface area contributed by atoms with E-state index in [-0.39, 0.29) is 11.7 Å². The Morgan fingerprint density at radius 1 is 1.43 bits per heavy atom. The normalized spacial score (nSPS) is 14.1. The minimum atomic E-state index is -0.316. The van der Waals surface area contributed by atoms with Crippen LogP contribution in [-0.4, -0.2) is 17.6 Å². The van der Waals surface area contributed by atoms with Crippen LogP contribution in [0.3, 0.4) is 0 Å². The first-order chi connectivity index (χ1) is 10.2. The van der Waals surface area contributed by atoms with Crippen LogP contribution in [0.2, 0.25) is 0 Å². The second-order valence-electron chi connectivity index (χ2n) is 5.45. The van der Waals surface area contributed by atoms with E-state index in [1.165, 1.54) is 31.2 Å². The fraction of sp³-hybridized carbons (Fsp3) is 0.375. The highest BCUT2D eigenvalue weighted by molar-refractivity contribution is 5.76. The van der Waals surface area contributed by atoms with E-state index in [1.807, 2.05) is 0 Å². The summed E-state index contributed by atoms with van der Waals surface area (Å²) < 4.78 is 18.2. The molecule has 0 bridgehead atoms. The summed E-state index contributed by atoms with van der Waals surface area (Å²) in [6.45, 7) is 0.777. The number of aryl methyl sites for hydroxylation is 1. The topological polar surface area (TPSA) is 55.1 Å². The molecule has 1 heterocycles. The van der Waals surface area contributed by atoms with Gasteiger partial charge in [-0.3, -0.25) is 4.79 Å². The molecule has 0 atom stereocenters. The molecule has 1 aliphatic rings. The van der Waals surface area contributed by atoms with E-state index in [0.29, 0.717) is 30.0 Å². The third-order valence-corrected chi connectivity index (χ3v) is 3.65. The Hall–Kier alpha value is -2.17. The van der Waals surface area contributed by atoms with Crippen molar-refractivity contribution in [3.63, 3.8) is 0 Å². The van der Waals surface area contributed by atoms with Crippen molar-refractivity contribution < 1.29 is 13.7 Å². The van der Waals surface area contributed by atoms with Crippen molar-refractivity contribution in [3.8, 4) is 11.3 Å². The summed E-state index contributed by atoms with van der Waals surface area (Å²) in [5.74, 6) is 0.393. The van der Waals surface area contributed by atoms with E-state index in [2.05, 4.69) is 10.5 Å². The summed E-state index contributed by atoms with van der Waals surface area (Å²) in [5.41, 5.74) is 2.09. The monoisotopic (exact) mass is 288 g/mol. The van der Waals surface area contributed by atoms with Gasteiger partial charge in [0.15, 0.2) is 0 Å². The summed E-state index contributed by atoms with van der Waals surface area (Å²) in [7, 11) is 0. The van der Waals surface area contributed by atoms with E-state index < -0.39 is 0 Å². The lowest BCUT2D eigenvalue weighted by atomic mass is 10.0. The van der Waals surface area contributed by atoms with Crippen molar-refractivity contribution in [1.82, 2.24) is 10.5 Å². The van der Waals surface area contributed by atoms with Gasteiger partial charge in [-0.05, 0) is 37.3 Å². The molecule has 0 radical (unpaired) electrons. The van der Waals surface area contributed by atoms with Gasteiger partial charge in [-0.15, -0.1) is 0 Å². The molecule has 4 nitrogen and oxygen atoms in total. The lowest BCUT2D eigenvalue weighted by Gasteiger charge is -2.04. The third-order valence-electron chi connectivity index (χ3n) is 3.65. The smallest absolute Gasteiger partial charge is 0.220 e. The van der Waals surface area contributed by atoms with Gasteiger partial charge in [0.2, 0.25) is 5.91 Å². The minimum absolute atomic E-state index is 0.0355. The lowest BCUT2D eigenvalue weighted by Crippen LogP contribution is -2.25. The standard InChI is InChI=1S/C16H17FN2O2/c17-14-3-1-2-12(8-14)16-13(10-21-19-16)6-7-15(20)18-9-11-4-5-11/h1-3,8,10-11H,4-7,9H2,(H,18,20). The number of halogens is 1. The first-order valence-corrected chi connectivity index (χ1v) is 7.18. The Morgan fingerprint density at radius 2 is 2.29 bits per heavy atom. The van der Waals surface area contributed by atoms with Gasteiger partial charge in [-0.1, -0.05) is 17.3 Å².